The molecule has 2 aromatic rings. The van der Waals surface area contributed by atoms with Crippen molar-refractivity contribution in [2.24, 2.45) is 0 Å². The summed E-state index contributed by atoms with van der Waals surface area (Å²) in [6.45, 7) is 1.62. The number of rotatable bonds is 4. The minimum Gasteiger partial charge on any atom is -0.398 e. The first-order valence-corrected chi connectivity index (χ1v) is 7.98. The molecule has 1 unspecified atom stereocenters. The van der Waals surface area contributed by atoms with Gasteiger partial charge in [-0.15, -0.1) is 0 Å². The van der Waals surface area contributed by atoms with Gasteiger partial charge < -0.3 is 5.73 Å². The van der Waals surface area contributed by atoms with Crippen LogP contribution in [-0.4, -0.2) is 8.42 Å². The quantitative estimate of drug-likeness (QED) is 0.847. The molecule has 0 fully saturated rings. The van der Waals surface area contributed by atoms with Gasteiger partial charge in [0.2, 0.25) is 10.0 Å². The molecule has 2 rings (SSSR count). The van der Waals surface area contributed by atoms with Crippen LogP contribution < -0.4 is 10.5 Å². The highest BCUT2D eigenvalue weighted by atomic mass is 35.5. The van der Waals surface area contributed by atoms with Crippen molar-refractivity contribution in [1.29, 1.82) is 0 Å². The molecule has 3 N–H and O–H groups in total. The Morgan fingerprint density at radius 3 is 2.57 bits per heavy atom. The van der Waals surface area contributed by atoms with Gasteiger partial charge in [0.25, 0.3) is 0 Å². The van der Waals surface area contributed by atoms with Crippen molar-refractivity contribution < 1.29 is 12.8 Å². The van der Waals surface area contributed by atoms with Gasteiger partial charge in [0.05, 0.1) is 5.69 Å². The Hall–Kier alpha value is -1.63. The highest BCUT2D eigenvalue weighted by Crippen LogP contribution is 2.24. The number of nitrogens with two attached hydrogens (primary N) is 1. The summed E-state index contributed by atoms with van der Waals surface area (Å²) < 4.78 is 40.2. The third-order valence-electron chi connectivity index (χ3n) is 2.94. The summed E-state index contributed by atoms with van der Waals surface area (Å²) in [5, 5.41) is 0.352. The predicted molar refractivity (Wildman–Crippen MR) is 81.0 cm³/mol. The van der Waals surface area contributed by atoms with Gasteiger partial charge in [0, 0.05) is 11.1 Å². The fourth-order valence-corrected chi connectivity index (χ4v) is 3.43. The molecule has 21 heavy (non-hydrogen) atoms. The van der Waals surface area contributed by atoms with Gasteiger partial charge in [-0.25, -0.2) is 17.5 Å². The van der Waals surface area contributed by atoms with Gasteiger partial charge in [-0.3, -0.25) is 0 Å². The largest absolute Gasteiger partial charge is 0.398 e. The summed E-state index contributed by atoms with van der Waals surface area (Å²) in [7, 11) is -3.82. The van der Waals surface area contributed by atoms with E-state index >= 15 is 0 Å². The molecule has 0 spiro atoms. The predicted octanol–water partition coefficient (Wildman–Crippen LogP) is 3.10. The molecule has 0 radical (unpaired) electrons. The van der Waals surface area contributed by atoms with Crippen LogP contribution in [0.2, 0.25) is 5.02 Å². The Labute approximate surface area is 127 Å². The minimum atomic E-state index is -3.82. The van der Waals surface area contributed by atoms with Crippen molar-refractivity contribution in [3.05, 3.63) is 58.9 Å². The Balaban J connectivity index is 2.29. The van der Waals surface area contributed by atoms with Crippen LogP contribution in [-0.2, 0) is 10.0 Å². The zero-order valence-corrected chi connectivity index (χ0v) is 12.7. The average molecular weight is 329 g/mol. The van der Waals surface area contributed by atoms with E-state index in [4.69, 9.17) is 17.3 Å². The third kappa shape index (κ3) is 3.72. The first kappa shape index (κ1) is 15.8. The molecule has 0 aromatic heterocycles. The summed E-state index contributed by atoms with van der Waals surface area (Å²) in [6, 6.07) is 9.27. The smallest absolute Gasteiger partial charge is 0.243 e. The first-order valence-electron chi connectivity index (χ1n) is 6.12. The fourth-order valence-electron chi connectivity index (χ4n) is 1.90. The Morgan fingerprint density at radius 1 is 1.24 bits per heavy atom. The second-order valence-electron chi connectivity index (χ2n) is 4.58. The number of sulfonamides is 1. The summed E-state index contributed by atoms with van der Waals surface area (Å²) in [5.41, 5.74) is 6.26. The third-order valence-corrected chi connectivity index (χ3v) is 4.79. The lowest BCUT2D eigenvalue weighted by Gasteiger charge is -2.16. The van der Waals surface area contributed by atoms with Crippen molar-refractivity contribution in [2.45, 2.75) is 17.9 Å². The topological polar surface area (TPSA) is 72.2 Å². The normalized spacial score (nSPS) is 13.1. The summed E-state index contributed by atoms with van der Waals surface area (Å²) in [4.78, 5) is -0.0600. The molecule has 0 heterocycles. The van der Waals surface area contributed by atoms with E-state index in [0.29, 0.717) is 10.6 Å². The van der Waals surface area contributed by atoms with Crippen LogP contribution in [0.4, 0.5) is 10.1 Å². The lowest BCUT2D eigenvalue weighted by Crippen LogP contribution is -2.27. The van der Waals surface area contributed by atoms with E-state index in [-0.39, 0.29) is 10.6 Å². The van der Waals surface area contributed by atoms with Crippen LogP contribution in [0, 0.1) is 5.82 Å². The average Bonchev–Trinajstić information content (AvgIpc) is 2.37. The summed E-state index contributed by atoms with van der Waals surface area (Å²) in [5.74, 6) is -0.426. The monoisotopic (exact) mass is 328 g/mol. The SMILES string of the molecule is CC(NS(=O)(=O)c1ccc(Cl)cc1N)c1cccc(F)c1. The number of halogens is 2. The molecule has 0 aliphatic carbocycles. The molecule has 7 heteroatoms. The van der Waals surface area contributed by atoms with E-state index in [0.717, 1.165) is 0 Å². The Bertz CT molecular complexity index is 765. The van der Waals surface area contributed by atoms with Gasteiger partial charge in [-0.2, -0.15) is 0 Å². The molecule has 0 amide bonds. The Morgan fingerprint density at radius 2 is 1.95 bits per heavy atom. The molecule has 0 aliphatic heterocycles. The second kappa shape index (κ2) is 6.01. The molecule has 0 saturated carbocycles. The van der Waals surface area contributed by atoms with Gasteiger partial charge >= 0.3 is 0 Å². The highest BCUT2D eigenvalue weighted by molar-refractivity contribution is 7.89. The molecule has 0 aliphatic rings. The summed E-state index contributed by atoms with van der Waals surface area (Å²) in [6.07, 6.45) is 0. The zero-order valence-electron chi connectivity index (χ0n) is 11.2. The molecule has 4 nitrogen and oxygen atoms in total. The van der Waals surface area contributed by atoms with E-state index in [2.05, 4.69) is 4.72 Å². The maximum Gasteiger partial charge on any atom is 0.243 e. The molecule has 112 valence electrons. The Kier molecular flexibility index (Phi) is 4.51. The highest BCUT2D eigenvalue weighted by Gasteiger charge is 2.21. The van der Waals surface area contributed by atoms with Crippen LogP contribution >= 0.6 is 11.6 Å². The van der Waals surface area contributed by atoms with Crippen molar-refractivity contribution in [2.75, 3.05) is 5.73 Å². The van der Waals surface area contributed by atoms with E-state index in [1.54, 1.807) is 13.0 Å². The molecule has 2 aromatic carbocycles. The van der Waals surface area contributed by atoms with Gasteiger partial charge in [0.1, 0.15) is 10.7 Å². The molecule has 0 saturated heterocycles. The number of nitrogen functional groups attached to an aromatic ring is 1. The molecular formula is C14H14ClFN2O2S. The maximum atomic E-state index is 13.2. The van der Waals surface area contributed by atoms with Crippen molar-refractivity contribution in [1.82, 2.24) is 4.72 Å². The van der Waals surface area contributed by atoms with Crippen LogP contribution in [0.5, 0.6) is 0 Å². The van der Waals surface area contributed by atoms with Gasteiger partial charge in [-0.05, 0) is 42.8 Å². The standard InChI is InChI=1S/C14H14ClFN2O2S/c1-9(10-3-2-4-12(16)7-10)18-21(19,20)14-6-5-11(15)8-13(14)17/h2-9,18H,17H2,1H3. The molecule has 1 atom stereocenters. The van der Waals surface area contributed by atoms with E-state index < -0.39 is 21.9 Å². The van der Waals surface area contributed by atoms with Crippen LogP contribution in [0.1, 0.15) is 18.5 Å². The first-order chi connectivity index (χ1) is 9.79. The number of anilines is 1. The van der Waals surface area contributed by atoms with Crippen LogP contribution in [0.15, 0.2) is 47.4 Å². The number of nitrogens with one attached hydrogen (secondary N) is 1. The van der Waals surface area contributed by atoms with Gasteiger partial charge in [0.15, 0.2) is 0 Å². The van der Waals surface area contributed by atoms with Crippen molar-refractivity contribution >= 4 is 27.3 Å². The van der Waals surface area contributed by atoms with E-state index in [9.17, 15) is 12.8 Å². The summed E-state index contributed by atoms with van der Waals surface area (Å²) >= 11 is 5.75. The van der Waals surface area contributed by atoms with Crippen LogP contribution in [0.25, 0.3) is 0 Å². The second-order valence-corrected chi connectivity index (χ2v) is 6.70. The van der Waals surface area contributed by atoms with Gasteiger partial charge in [-0.1, -0.05) is 23.7 Å². The number of hydrogen-bond donors (Lipinski definition) is 2. The van der Waals surface area contributed by atoms with E-state index in [1.165, 1.54) is 36.4 Å². The fraction of sp³-hybridized carbons (Fsp3) is 0.143. The number of benzene rings is 2. The molecule has 0 bridgehead atoms. The number of hydrogen-bond acceptors (Lipinski definition) is 3. The van der Waals surface area contributed by atoms with Crippen molar-refractivity contribution in [3.63, 3.8) is 0 Å². The van der Waals surface area contributed by atoms with Crippen LogP contribution in [0.3, 0.4) is 0 Å². The minimum absolute atomic E-state index is 0.0569. The molecular weight excluding hydrogens is 315 g/mol. The maximum absolute atomic E-state index is 13.2. The van der Waals surface area contributed by atoms with Crippen molar-refractivity contribution in [3.8, 4) is 0 Å². The lowest BCUT2D eigenvalue weighted by molar-refractivity contribution is 0.565. The lowest BCUT2D eigenvalue weighted by atomic mass is 10.1. The zero-order chi connectivity index (χ0) is 15.6. The van der Waals surface area contributed by atoms with E-state index in [1.807, 2.05) is 0 Å².